The van der Waals surface area contributed by atoms with Crippen LogP contribution in [0.5, 0.6) is 0 Å². The Labute approximate surface area is 130 Å². The van der Waals surface area contributed by atoms with Crippen molar-refractivity contribution < 1.29 is 14.7 Å². The summed E-state index contributed by atoms with van der Waals surface area (Å²) in [4.78, 5) is 23.4. The maximum atomic E-state index is 11.7. The third kappa shape index (κ3) is 8.48. The van der Waals surface area contributed by atoms with Gasteiger partial charge in [0.15, 0.2) is 5.12 Å². The van der Waals surface area contributed by atoms with Crippen LogP contribution in [0.15, 0.2) is 36.4 Å². The summed E-state index contributed by atoms with van der Waals surface area (Å²) in [6, 6.07) is 9.54. The maximum absolute atomic E-state index is 11.7. The zero-order valence-electron chi connectivity index (χ0n) is 12.7. The lowest BCUT2D eigenvalue weighted by atomic mass is 10.1. The van der Waals surface area contributed by atoms with Crippen molar-refractivity contribution >= 4 is 28.7 Å². The molecule has 0 aliphatic carbocycles. The predicted octanol–water partition coefficient (Wildman–Crippen LogP) is 3.47. The SMILES string of the molecule is CC(C)(C)SC(=O)CC(=O)CC(O)/C=C/c1ccccc1. The zero-order chi connectivity index (χ0) is 15.9. The normalized spacial score (nSPS) is 13.3. The molecule has 21 heavy (non-hydrogen) atoms. The first kappa shape index (κ1) is 17.7. The highest BCUT2D eigenvalue weighted by atomic mass is 32.2. The third-order valence-corrected chi connectivity index (χ3v) is 3.49. The van der Waals surface area contributed by atoms with Crippen molar-refractivity contribution in [3.63, 3.8) is 0 Å². The van der Waals surface area contributed by atoms with E-state index < -0.39 is 6.10 Å². The van der Waals surface area contributed by atoms with Crippen LogP contribution >= 0.6 is 11.8 Å². The van der Waals surface area contributed by atoms with E-state index in [4.69, 9.17) is 0 Å². The van der Waals surface area contributed by atoms with Gasteiger partial charge in [0.2, 0.25) is 0 Å². The first-order chi connectivity index (χ1) is 9.76. The standard InChI is InChI=1S/C17H22O3S/c1-17(2,3)21-16(20)12-15(19)11-14(18)10-9-13-7-5-4-6-8-13/h4-10,14,18H,11-12H2,1-3H3/b10-9+. The molecule has 1 N–H and O–H groups in total. The highest BCUT2D eigenvalue weighted by Crippen LogP contribution is 2.25. The number of ketones is 1. The van der Waals surface area contributed by atoms with Gasteiger partial charge in [0.25, 0.3) is 0 Å². The molecule has 0 bridgehead atoms. The highest BCUT2D eigenvalue weighted by molar-refractivity contribution is 8.14. The summed E-state index contributed by atoms with van der Waals surface area (Å²) >= 11 is 1.16. The van der Waals surface area contributed by atoms with E-state index in [9.17, 15) is 14.7 Å². The molecule has 1 aromatic rings. The first-order valence-corrected chi connectivity index (χ1v) is 7.73. The molecule has 1 unspecified atom stereocenters. The van der Waals surface area contributed by atoms with Crippen LogP contribution in [0.3, 0.4) is 0 Å². The number of carbonyl (C=O) groups is 2. The van der Waals surface area contributed by atoms with Crippen molar-refractivity contribution in [2.45, 2.75) is 44.5 Å². The molecule has 0 aliphatic rings. The van der Waals surface area contributed by atoms with E-state index in [1.54, 1.807) is 12.2 Å². The summed E-state index contributed by atoms with van der Waals surface area (Å²) in [5, 5.41) is 9.65. The van der Waals surface area contributed by atoms with Gasteiger partial charge in [-0.3, -0.25) is 9.59 Å². The average Bonchev–Trinajstić information content (AvgIpc) is 2.35. The highest BCUT2D eigenvalue weighted by Gasteiger charge is 2.19. The quantitative estimate of drug-likeness (QED) is 0.818. The number of rotatable bonds is 6. The number of Topliss-reactive ketones (excluding diaryl/α,β-unsaturated/α-hetero) is 1. The van der Waals surface area contributed by atoms with Crippen LogP contribution in [0.1, 0.15) is 39.2 Å². The molecule has 0 aliphatic heterocycles. The van der Waals surface area contributed by atoms with Crippen molar-refractivity contribution in [3.05, 3.63) is 42.0 Å². The van der Waals surface area contributed by atoms with Crippen molar-refractivity contribution in [3.8, 4) is 0 Å². The van der Waals surface area contributed by atoms with E-state index in [1.807, 2.05) is 51.1 Å². The van der Waals surface area contributed by atoms with Crippen LogP contribution in [0.4, 0.5) is 0 Å². The predicted molar refractivity (Wildman–Crippen MR) is 88.1 cm³/mol. The molecule has 0 amide bonds. The van der Waals surface area contributed by atoms with Crippen molar-refractivity contribution in [2.75, 3.05) is 0 Å². The molecule has 1 aromatic carbocycles. The topological polar surface area (TPSA) is 54.4 Å². The average molecular weight is 306 g/mol. The van der Waals surface area contributed by atoms with Crippen LogP contribution in [0.25, 0.3) is 6.08 Å². The molecule has 1 atom stereocenters. The Morgan fingerprint density at radius 1 is 1.24 bits per heavy atom. The van der Waals surface area contributed by atoms with Gasteiger partial charge < -0.3 is 5.11 Å². The molecular weight excluding hydrogens is 284 g/mol. The van der Waals surface area contributed by atoms with Crippen molar-refractivity contribution in [1.29, 1.82) is 0 Å². The summed E-state index contributed by atoms with van der Waals surface area (Å²) < 4.78 is -0.191. The molecule has 0 saturated carbocycles. The smallest absolute Gasteiger partial charge is 0.196 e. The fourth-order valence-electron chi connectivity index (χ4n) is 1.70. The minimum absolute atomic E-state index is 0.0280. The Morgan fingerprint density at radius 2 is 1.86 bits per heavy atom. The molecule has 0 aromatic heterocycles. The van der Waals surface area contributed by atoms with E-state index in [2.05, 4.69) is 0 Å². The van der Waals surface area contributed by atoms with E-state index in [1.165, 1.54) is 0 Å². The van der Waals surface area contributed by atoms with Gasteiger partial charge in [-0.15, -0.1) is 0 Å². The van der Waals surface area contributed by atoms with Crippen molar-refractivity contribution in [2.24, 2.45) is 0 Å². The lowest BCUT2D eigenvalue weighted by Gasteiger charge is -2.15. The summed E-state index contributed by atoms with van der Waals surface area (Å²) in [5.74, 6) is -0.234. The number of hydrogen-bond donors (Lipinski definition) is 1. The number of aliphatic hydroxyl groups excluding tert-OH is 1. The second-order valence-corrected chi connectivity index (χ2v) is 7.73. The molecule has 1 rings (SSSR count). The largest absolute Gasteiger partial charge is 0.389 e. The number of carbonyl (C=O) groups excluding carboxylic acids is 2. The molecule has 0 heterocycles. The maximum Gasteiger partial charge on any atom is 0.196 e. The number of aliphatic hydroxyl groups is 1. The Morgan fingerprint density at radius 3 is 2.43 bits per heavy atom. The summed E-state index contributed by atoms with van der Waals surface area (Å²) in [6.07, 6.45) is 2.33. The second-order valence-electron chi connectivity index (χ2n) is 5.84. The van der Waals surface area contributed by atoms with Gasteiger partial charge in [0.05, 0.1) is 12.5 Å². The molecule has 0 radical (unpaired) electrons. The van der Waals surface area contributed by atoms with Crippen LogP contribution in [-0.2, 0) is 9.59 Å². The lowest BCUT2D eigenvalue weighted by molar-refractivity contribution is -0.124. The Kier molecular flexibility index (Phi) is 6.85. The summed E-state index contributed by atoms with van der Waals surface area (Å²) in [5.41, 5.74) is 0.961. The molecule has 0 fully saturated rings. The third-order valence-electron chi connectivity index (χ3n) is 2.51. The lowest BCUT2D eigenvalue weighted by Crippen LogP contribution is -2.17. The summed E-state index contributed by atoms with van der Waals surface area (Å²) in [7, 11) is 0. The van der Waals surface area contributed by atoms with Crippen LogP contribution in [0.2, 0.25) is 0 Å². The van der Waals surface area contributed by atoms with Crippen LogP contribution < -0.4 is 0 Å². The second kappa shape index (κ2) is 8.15. The zero-order valence-corrected chi connectivity index (χ0v) is 13.5. The van der Waals surface area contributed by atoms with Crippen LogP contribution in [-0.4, -0.2) is 26.9 Å². The van der Waals surface area contributed by atoms with Crippen LogP contribution in [0, 0.1) is 0 Å². The van der Waals surface area contributed by atoms with Gasteiger partial charge in [0.1, 0.15) is 5.78 Å². The monoisotopic (exact) mass is 306 g/mol. The van der Waals surface area contributed by atoms with Gasteiger partial charge in [-0.05, 0) is 5.56 Å². The molecule has 3 nitrogen and oxygen atoms in total. The minimum atomic E-state index is -0.856. The van der Waals surface area contributed by atoms with E-state index in [0.717, 1.165) is 17.3 Å². The Hall–Kier alpha value is -1.39. The minimum Gasteiger partial charge on any atom is -0.389 e. The molecule has 114 valence electrons. The summed E-state index contributed by atoms with van der Waals surface area (Å²) in [6.45, 7) is 5.78. The molecule has 0 spiro atoms. The number of benzene rings is 1. The van der Waals surface area contributed by atoms with E-state index in [-0.39, 0.29) is 28.5 Å². The molecular formula is C17H22O3S. The molecule has 0 saturated heterocycles. The Bertz CT molecular complexity index is 501. The van der Waals surface area contributed by atoms with Gasteiger partial charge in [-0.25, -0.2) is 0 Å². The fourth-order valence-corrected chi connectivity index (χ4v) is 2.61. The number of hydrogen-bond acceptors (Lipinski definition) is 4. The Balaban J connectivity index is 2.40. The molecule has 4 heteroatoms. The van der Waals surface area contributed by atoms with Gasteiger partial charge in [-0.1, -0.05) is 75.0 Å². The van der Waals surface area contributed by atoms with Gasteiger partial charge >= 0.3 is 0 Å². The van der Waals surface area contributed by atoms with Gasteiger partial charge in [0, 0.05) is 11.2 Å². The van der Waals surface area contributed by atoms with Gasteiger partial charge in [-0.2, -0.15) is 0 Å². The first-order valence-electron chi connectivity index (χ1n) is 6.91. The van der Waals surface area contributed by atoms with Crippen molar-refractivity contribution in [1.82, 2.24) is 0 Å². The van der Waals surface area contributed by atoms with E-state index >= 15 is 0 Å². The number of thioether (sulfide) groups is 1. The fraction of sp³-hybridized carbons (Fsp3) is 0.412. The van der Waals surface area contributed by atoms with E-state index in [0.29, 0.717) is 0 Å².